The number of amides is 1. The minimum atomic E-state index is -0.951. The quantitative estimate of drug-likeness (QED) is 0.860. The van der Waals surface area contributed by atoms with Crippen LogP contribution in [0.15, 0.2) is 16.5 Å². The van der Waals surface area contributed by atoms with E-state index < -0.39 is 17.9 Å². The Morgan fingerprint density at radius 1 is 1.39 bits per heavy atom. The van der Waals surface area contributed by atoms with Gasteiger partial charge in [-0.3, -0.25) is 9.59 Å². The number of carboxylic acid groups (broad SMARTS) is 1. The van der Waals surface area contributed by atoms with Gasteiger partial charge in [0.25, 0.3) is 5.91 Å². The van der Waals surface area contributed by atoms with Crippen molar-refractivity contribution in [1.29, 1.82) is 0 Å². The molecule has 2 unspecified atom stereocenters. The Kier molecular flexibility index (Phi) is 3.38. The van der Waals surface area contributed by atoms with E-state index in [4.69, 9.17) is 14.3 Å². The van der Waals surface area contributed by atoms with E-state index in [2.05, 4.69) is 0 Å². The van der Waals surface area contributed by atoms with Crippen LogP contribution in [0, 0.1) is 12.8 Å². The highest BCUT2D eigenvalue weighted by Crippen LogP contribution is 2.21. The molecule has 0 radical (unpaired) electrons. The first-order valence-electron chi connectivity index (χ1n) is 5.65. The van der Waals surface area contributed by atoms with Crippen LogP contribution in [0.5, 0.6) is 0 Å². The van der Waals surface area contributed by atoms with E-state index in [-0.39, 0.29) is 24.9 Å². The van der Waals surface area contributed by atoms with Crippen molar-refractivity contribution in [3.05, 3.63) is 23.7 Å². The number of carbonyl (C=O) groups is 2. The summed E-state index contributed by atoms with van der Waals surface area (Å²) in [5.74, 6) is -1.11. The lowest BCUT2D eigenvalue weighted by atomic mass is 10.0. The lowest BCUT2D eigenvalue weighted by molar-refractivity contribution is -0.142. The van der Waals surface area contributed by atoms with Gasteiger partial charge in [-0.15, -0.1) is 0 Å². The van der Waals surface area contributed by atoms with Crippen LogP contribution in [0.25, 0.3) is 0 Å². The minimum absolute atomic E-state index is 0.134. The van der Waals surface area contributed by atoms with Crippen LogP contribution in [-0.4, -0.2) is 48.2 Å². The van der Waals surface area contributed by atoms with Gasteiger partial charge in [-0.25, -0.2) is 0 Å². The van der Waals surface area contributed by atoms with Crippen molar-refractivity contribution in [2.24, 2.45) is 5.92 Å². The molecule has 0 spiro atoms. The maximum atomic E-state index is 12.1. The zero-order valence-electron chi connectivity index (χ0n) is 10.3. The van der Waals surface area contributed by atoms with Gasteiger partial charge in [0.1, 0.15) is 11.7 Å². The van der Waals surface area contributed by atoms with Gasteiger partial charge in [0.15, 0.2) is 5.76 Å². The molecule has 0 bridgehead atoms. The summed E-state index contributed by atoms with van der Waals surface area (Å²) in [5, 5.41) is 9.05. The average molecular weight is 253 g/mol. The van der Waals surface area contributed by atoms with Gasteiger partial charge in [0.2, 0.25) is 0 Å². The van der Waals surface area contributed by atoms with Crippen molar-refractivity contribution in [1.82, 2.24) is 4.90 Å². The highest BCUT2D eigenvalue weighted by molar-refractivity contribution is 5.92. The molecule has 1 N–H and O–H groups in total. The summed E-state index contributed by atoms with van der Waals surface area (Å²) in [5.41, 5.74) is 0. The van der Waals surface area contributed by atoms with Crippen molar-refractivity contribution in [2.45, 2.75) is 13.0 Å². The maximum Gasteiger partial charge on any atom is 0.311 e. The van der Waals surface area contributed by atoms with Crippen LogP contribution in [-0.2, 0) is 9.53 Å². The number of rotatable bonds is 3. The fourth-order valence-electron chi connectivity index (χ4n) is 2.03. The topological polar surface area (TPSA) is 80.0 Å². The molecule has 1 aromatic heterocycles. The van der Waals surface area contributed by atoms with Crippen molar-refractivity contribution in [3.63, 3.8) is 0 Å². The Balaban J connectivity index is 2.13. The van der Waals surface area contributed by atoms with Gasteiger partial charge in [-0.2, -0.15) is 0 Å². The Morgan fingerprint density at radius 3 is 2.67 bits per heavy atom. The summed E-state index contributed by atoms with van der Waals surface area (Å²) in [6, 6.07) is 2.82. The summed E-state index contributed by atoms with van der Waals surface area (Å²) >= 11 is 0. The van der Waals surface area contributed by atoms with E-state index >= 15 is 0 Å². The zero-order valence-corrected chi connectivity index (χ0v) is 10.3. The van der Waals surface area contributed by atoms with Crippen LogP contribution in [0.4, 0.5) is 0 Å². The second-order valence-corrected chi connectivity index (χ2v) is 4.38. The Morgan fingerprint density at radius 2 is 2.11 bits per heavy atom. The van der Waals surface area contributed by atoms with Gasteiger partial charge in [0.05, 0.1) is 19.3 Å². The summed E-state index contributed by atoms with van der Waals surface area (Å²) < 4.78 is 10.4. The number of nitrogens with zero attached hydrogens (tertiary/aromatic N) is 1. The van der Waals surface area contributed by atoms with E-state index in [9.17, 15) is 9.59 Å². The molecule has 1 amide bonds. The normalized spacial score (nSPS) is 23.0. The summed E-state index contributed by atoms with van der Waals surface area (Å²) in [7, 11) is 1.56. The third-order valence-electron chi connectivity index (χ3n) is 3.14. The molecule has 2 heterocycles. The zero-order chi connectivity index (χ0) is 13.3. The van der Waals surface area contributed by atoms with Crippen LogP contribution in [0.2, 0.25) is 0 Å². The summed E-state index contributed by atoms with van der Waals surface area (Å²) in [4.78, 5) is 24.5. The number of carbonyl (C=O) groups excluding carboxylic acids is 1. The average Bonchev–Trinajstić information content (AvgIpc) is 2.95. The lowest BCUT2D eigenvalue weighted by Gasteiger charge is -2.25. The second-order valence-electron chi connectivity index (χ2n) is 4.38. The number of hydrogen-bond donors (Lipinski definition) is 1. The van der Waals surface area contributed by atoms with Gasteiger partial charge in [-0.05, 0) is 19.1 Å². The predicted octanol–water partition coefficient (Wildman–Crippen LogP) is 0.760. The number of likely N-dealkylation sites (N-methyl/N-ethyl adjacent to an activating group) is 1. The molecule has 0 aliphatic carbocycles. The number of furan rings is 1. The van der Waals surface area contributed by atoms with Crippen molar-refractivity contribution in [2.75, 3.05) is 20.3 Å². The standard InChI is InChI=1S/C12H15NO5/c1-7-3-4-10(18-7)11(14)13(2)9-6-17-5-8(9)12(15)16/h3-4,8-9H,5-6H2,1-2H3,(H,15,16). The molecule has 1 aliphatic rings. The largest absolute Gasteiger partial charge is 0.481 e. The molecule has 2 rings (SSSR count). The monoisotopic (exact) mass is 253 g/mol. The fourth-order valence-corrected chi connectivity index (χ4v) is 2.03. The van der Waals surface area contributed by atoms with Crippen LogP contribution in [0.3, 0.4) is 0 Å². The molecule has 0 aromatic carbocycles. The van der Waals surface area contributed by atoms with Gasteiger partial charge in [-0.1, -0.05) is 0 Å². The molecule has 1 fully saturated rings. The molecule has 1 aliphatic heterocycles. The van der Waals surface area contributed by atoms with Crippen molar-refractivity contribution in [3.8, 4) is 0 Å². The molecular weight excluding hydrogens is 238 g/mol. The number of aryl methyl sites for hydroxylation is 1. The first kappa shape index (κ1) is 12.6. The van der Waals surface area contributed by atoms with Gasteiger partial charge >= 0.3 is 5.97 Å². The molecule has 18 heavy (non-hydrogen) atoms. The summed E-state index contributed by atoms with van der Waals surface area (Å²) in [6.07, 6.45) is 0. The Labute approximate surface area is 104 Å². The molecule has 6 heteroatoms. The van der Waals surface area contributed by atoms with Crippen LogP contribution < -0.4 is 0 Å². The van der Waals surface area contributed by atoms with E-state index in [0.29, 0.717) is 5.76 Å². The highest BCUT2D eigenvalue weighted by Gasteiger charge is 2.39. The highest BCUT2D eigenvalue weighted by atomic mass is 16.5. The fraction of sp³-hybridized carbons (Fsp3) is 0.500. The van der Waals surface area contributed by atoms with Gasteiger partial charge in [0, 0.05) is 7.05 Å². The van der Waals surface area contributed by atoms with E-state index in [1.54, 1.807) is 26.1 Å². The molecular formula is C12H15NO5. The lowest BCUT2D eigenvalue weighted by Crippen LogP contribution is -2.44. The minimum Gasteiger partial charge on any atom is -0.481 e. The predicted molar refractivity (Wildman–Crippen MR) is 61.3 cm³/mol. The van der Waals surface area contributed by atoms with Crippen LogP contribution >= 0.6 is 0 Å². The van der Waals surface area contributed by atoms with E-state index in [0.717, 1.165) is 0 Å². The summed E-state index contributed by atoms with van der Waals surface area (Å²) in [6.45, 7) is 2.11. The molecule has 6 nitrogen and oxygen atoms in total. The van der Waals surface area contributed by atoms with E-state index in [1.807, 2.05) is 0 Å². The molecule has 1 saturated heterocycles. The molecule has 2 atom stereocenters. The van der Waals surface area contributed by atoms with Crippen LogP contribution in [0.1, 0.15) is 16.3 Å². The Hall–Kier alpha value is -1.82. The van der Waals surface area contributed by atoms with Crippen molar-refractivity contribution >= 4 is 11.9 Å². The smallest absolute Gasteiger partial charge is 0.311 e. The first-order chi connectivity index (χ1) is 8.50. The molecule has 1 aromatic rings. The first-order valence-corrected chi connectivity index (χ1v) is 5.65. The van der Waals surface area contributed by atoms with Crippen molar-refractivity contribution < 1.29 is 23.8 Å². The third kappa shape index (κ3) is 2.24. The number of carboxylic acids is 1. The maximum absolute atomic E-state index is 12.1. The number of aliphatic carboxylic acids is 1. The van der Waals surface area contributed by atoms with E-state index in [1.165, 1.54) is 4.90 Å². The number of hydrogen-bond acceptors (Lipinski definition) is 4. The molecule has 0 saturated carbocycles. The SMILES string of the molecule is Cc1ccc(C(=O)N(C)C2COCC2C(=O)O)o1. The third-order valence-corrected chi connectivity index (χ3v) is 3.14. The second kappa shape index (κ2) is 4.81. The van der Waals surface area contributed by atoms with Gasteiger partial charge < -0.3 is 19.2 Å². The molecule has 98 valence electrons. The number of ether oxygens (including phenoxy) is 1. The Bertz CT molecular complexity index is 467.